The van der Waals surface area contributed by atoms with E-state index < -0.39 is 0 Å². The summed E-state index contributed by atoms with van der Waals surface area (Å²) < 4.78 is 5.73. The highest BCUT2D eigenvalue weighted by Crippen LogP contribution is 2.18. The van der Waals surface area contributed by atoms with Crippen LogP contribution in [0.25, 0.3) is 0 Å². The number of morpholine rings is 1. The maximum atomic E-state index is 6.01. The molecule has 1 fully saturated rings. The van der Waals surface area contributed by atoms with E-state index in [2.05, 4.69) is 30.3 Å². The summed E-state index contributed by atoms with van der Waals surface area (Å²) in [5.74, 6) is 0.458. The number of rotatable bonds is 5. The van der Waals surface area contributed by atoms with Crippen LogP contribution in [0.1, 0.15) is 18.4 Å². The number of hydrogen-bond acceptors (Lipinski definition) is 3. The van der Waals surface area contributed by atoms with Gasteiger partial charge in [-0.25, -0.2) is 0 Å². The van der Waals surface area contributed by atoms with Gasteiger partial charge in [0.1, 0.15) is 0 Å². The van der Waals surface area contributed by atoms with Crippen LogP contribution in [-0.2, 0) is 4.74 Å². The first kappa shape index (κ1) is 14.8. The average Bonchev–Trinajstić information content (AvgIpc) is 2.38. The number of ether oxygens (including phenoxy) is 1. The van der Waals surface area contributed by atoms with Gasteiger partial charge >= 0.3 is 0 Å². The molecular weight excluding hydrogens is 260 g/mol. The van der Waals surface area contributed by atoms with E-state index in [4.69, 9.17) is 16.3 Å². The van der Waals surface area contributed by atoms with Crippen molar-refractivity contribution in [3.8, 4) is 0 Å². The van der Waals surface area contributed by atoms with Crippen LogP contribution < -0.4 is 5.32 Å². The lowest BCUT2D eigenvalue weighted by Crippen LogP contribution is -2.45. The highest BCUT2D eigenvalue weighted by Gasteiger charge is 2.17. The molecule has 1 aliphatic rings. The van der Waals surface area contributed by atoms with Crippen molar-refractivity contribution < 1.29 is 4.74 Å². The van der Waals surface area contributed by atoms with Crippen molar-refractivity contribution in [3.05, 3.63) is 34.9 Å². The van der Waals surface area contributed by atoms with Gasteiger partial charge in [-0.2, -0.15) is 0 Å². The normalized spacial score (nSPS) is 22.4. The summed E-state index contributed by atoms with van der Waals surface area (Å²) in [5, 5.41) is 4.31. The smallest absolute Gasteiger partial charge is 0.0826 e. The summed E-state index contributed by atoms with van der Waals surface area (Å²) in [6.45, 7) is 6.96. The monoisotopic (exact) mass is 282 g/mol. The van der Waals surface area contributed by atoms with Crippen LogP contribution in [0.3, 0.4) is 0 Å². The molecule has 1 N–H and O–H groups in total. The zero-order chi connectivity index (χ0) is 13.7. The number of nitrogens with one attached hydrogen (secondary N) is 1. The van der Waals surface area contributed by atoms with Crippen LogP contribution in [0.15, 0.2) is 24.3 Å². The topological polar surface area (TPSA) is 24.5 Å². The Morgan fingerprint density at radius 2 is 2.37 bits per heavy atom. The van der Waals surface area contributed by atoms with E-state index in [0.29, 0.717) is 12.0 Å². The molecule has 0 bridgehead atoms. The van der Waals surface area contributed by atoms with Crippen molar-refractivity contribution in [2.24, 2.45) is 0 Å². The number of hydrogen-bond donors (Lipinski definition) is 1. The first-order chi connectivity index (χ1) is 9.15. The molecule has 0 aromatic heterocycles. The Hall–Kier alpha value is -0.610. The zero-order valence-electron chi connectivity index (χ0n) is 11.7. The predicted octanol–water partition coefficient (Wildman–Crippen LogP) is 2.36. The van der Waals surface area contributed by atoms with E-state index in [0.717, 1.165) is 37.8 Å². The minimum atomic E-state index is 0.310. The van der Waals surface area contributed by atoms with Gasteiger partial charge in [-0.15, -0.1) is 0 Å². The van der Waals surface area contributed by atoms with Gasteiger partial charge in [-0.3, -0.25) is 0 Å². The molecule has 0 spiro atoms. The fourth-order valence-electron chi connectivity index (χ4n) is 2.38. The molecule has 1 aliphatic heterocycles. The zero-order valence-corrected chi connectivity index (χ0v) is 12.5. The molecule has 1 aromatic carbocycles. The molecular formula is C15H23ClN2O. The molecule has 0 unspecified atom stereocenters. The quantitative estimate of drug-likeness (QED) is 0.897. The molecule has 1 heterocycles. The van der Waals surface area contributed by atoms with Crippen molar-refractivity contribution in [1.29, 1.82) is 0 Å². The molecule has 1 aromatic rings. The summed E-state index contributed by atoms with van der Waals surface area (Å²) in [6.07, 6.45) is 0.310. The molecule has 106 valence electrons. The van der Waals surface area contributed by atoms with E-state index in [9.17, 15) is 0 Å². The van der Waals surface area contributed by atoms with E-state index >= 15 is 0 Å². The van der Waals surface area contributed by atoms with E-state index in [1.54, 1.807) is 0 Å². The number of likely N-dealkylation sites (N-methyl/N-ethyl adjacent to an activating group) is 1. The van der Waals surface area contributed by atoms with Crippen LogP contribution in [0.4, 0.5) is 0 Å². The first-order valence-electron chi connectivity index (χ1n) is 6.91. The molecule has 2 rings (SSSR count). The van der Waals surface area contributed by atoms with Crippen molar-refractivity contribution in [1.82, 2.24) is 10.2 Å². The first-order valence-corrected chi connectivity index (χ1v) is 7.29. The molecule has 1 saturated heterocycles. The van der Waals surface area contributed by atoms with Crippen molar-refractivity contribution in [3.63, 3.8) is 0 Å². The van der Waals surface area contributed by atoms with Crippen LogP contribution >= 0.6 is 11.6 Å². The van der Waals surface area contributed by atoms with Gasteiger partial charge in [-0.05, 0) is 30.7 Å². The summed E-state index contributed by atoms with van der Waals surface area (Å²) in [7, 11) is 2.14. The van der Waals surface area contributed by atoms with Crippen LogP contribution in [-0.4, -0.2) is 50.8 Å². The van der Waals surface area contributed by atoms with E-state index in [1.807, 2.05) is 18.2 Å². The lowest BCUT2D eigenvalue weighted by Gasteiger charge is -2.30. The lowest BCUT2D eigenvalue weighted by molar-refractivity contribution is -0.0180. The molecule has 0 radical (unpaired) electrons. The number of benzene rings is 1. The third-order valence-electron chi connectivity index (χ3n) is 3.58. The minimum Gasteiger partial charge on any atom is -0.374 e. The largest absolute Gasteiger partial charge is 0.374 e. The van der Waals surface area contributed by atoms with Gasteiger partial charge in [0, 0.05) is 31.2 Å². The fraction of sp³-hybridized carbons (Fsp3) is 0.600. The van der Waals surface area contributed by atoms with Crippen LogP contribution in [0, 0.1) is 0 Å². The Morgan fingerprint density at radius 1 is 1.53 bits per heavy atom. The van der Waals surface area contributed by atoms with Crippen molar-refractivity contribution >= 4 is 11.6 Å². The van der Waals surface area contributed by atoms with Gasteiger partial charge in [0.25, 0.3) is 0 Å². The number of nitrogens with zero attached hydrogens (tertiary/aromatic N) is 1. The Bertz CT molecular complexity index is 399. The van der Waals surface area contributed by atoms with E-state index in [-0.39, 0.29) is 0 Å². The second-order valence-electron chi connectivity index (χ2n) is 5.37. The molecule has 0 saturated carbocycles. The Labute approximate surface area is 120 Å². The van der Waals surface area contributed by atoms with Crippen LogP contribution in [0.2, 0.25) is 5.02 Å². The molecule has 0 amide bonds. The fourth-order valence-corrected chi connectivity index (χ4v) is 2.58. The molecule has 0 aliphatic carbocycles. The molecule has 4 heteroatoms. The Kier molecular flexibility index (Phi) is 5.64. The Morgan fingerprint density at radius 3 is 3.11 bits per heavy atom. The average molecular weight is 283 g/mol. The highest BCUT2D eigenvalue weighted by molar-refractivity contribution is 6.30. The summed E-state index contributed by atoms with van der Waals surface area (Å²) >= 11 is 6.01. The predicted molar refractivity (Wildman–Crippen MR) is 80.0 cm³/mol. The second-order valence-corrected chi connectivity index (χ2v) is 5.81. The van der Waals surface area contributed by atoms with E-state index in [1.165, 1.54) is 5.56 Å². The standard InChI is InChI=1S/C15H23ClN2O/c1-12(13-4-3-5-14(16)8-13)9-17-10-15-11-18(2)6-7-19-15/h3-5,8,12,15,17H,6-7,9-11H2,1-2H3/t12-,15-/m1/s1. The third kappa shape index (κ3) is 4.77. The molecule has 2 atom stereocenters. The summed E-state index contributed by atoms with van der Waals surface area (Å²) in [6, 6.07) is 8.09. The molecule has 19 heavy (non-hydrogen) atoms. The highest BCUT2D eigenvalue weighted by atomic mass is 35.5. The van der Waals surface area contributed by atoms with Gasteiger partial charge in [-0.1, -0.05) is 30.7 Å². The van der Waals surface area contributed by atoms with Gasteiger partial charge in [0.15, 0.2) is 0 Å². The van der Waals surface area contributed by atoms with Gasteiger partial charge in [0.2, 0.25) is 0 Å². The summed E-state index contributed by atoms with van der Waals surface area (Å²) in [4.78, 5) is 2.32. The van der Waals surface area contributed by atoms with Crippen molar-refractivity contribution in [2.45, 2.75) is 18.9 Å². The van der Waals surface area contributed by atoms with Crippen molar-refractivity contribution in [2.75, 3.05) is 39.8 Å². The Balaban J connectivity index is 1.73. The van der Waals surface area contributed by atoms with Gasteiger partial charge in [0.05, 0.1) is 12.7 Å². The summed E-state index contributed by atoms with van der Waals surface area (Å²) in [5.41, 5.74) is 1.28. The second kappa shape index (κ2) is 7.25. The maximum absolute atomic E-state index is 6.01. The third-order valence-corrected chi connectivity index (χ3v) is 3.82. The number of halogens is 1. The maximum Gasteiger partial charge on any atom is 0.0826 e. The van der Waals surface area contributed by atoms with Crippen LogP contribution in [0.5, 0.6) is 0 Å². The molecule has 3 nitrogen and oxygen atoms in total. The SMILES string of the molecule is C[C@H](CNC[C@@H]1CN(C)CCO1)c1cccc(Cl)c1. The lowest BCUT2D eigenvalue weighted by atomic mass is 10.0. The van der Waals surface area contributed by atoms with Gasteiger partial charge < -0.3 is 15.0 Å². The minimum absolute atomic E-state index is 0.310.